The van der Waals surface area contributed by atoms with Gasteiger partial charge in [-0.1, -0.05) is 0 Å². The van der Waals surface area contributed by atoms with Crippen molar-refractivity contribution in [2.75, 3.05) is 32.7 Å². The molecule has 0 radical (unpaired) electrons. The molecular formula is C13H25N3O. The van der Waals surface area contributed by atoms with E-state index in [1.165, 1.54) is 12.8 Å². The van der Waals surface area contributed by atoms with Gasteiger partial charge >= 0.3 is 0 Å². The van der Waals surface area contributed by atoms with E-state index in [4.69, 9.17) is 0 Å². The second-order valence-corrected chi connectivity index (χ2v) is 5.79. The largest absolute Gasteiger partial charge is 0.339 e. The minimum Gasteiger partial charge on any atom is -0.339 e. The van der Waals surface area contributed by atoms with E-state index in [2.05, 4.69) is 31.0 Å². The van der Waals surface area contributed by atoms with Crippen molar-refractivity contribution in [3.05, 3.63) is 0 Å². The molecule has 17 heavy (non-hydrogen) atoms. The summed E-state index contributed by atoms with van der Waals surface area (Å²) in [7, 11) is 0. The molecule has 2 aliphatic rings. The van der Waals surface area contributed by atoms with Crippen LogP contribution in [0.2, 0.25) is 0 Å². The third-order valence-corrected chi connectivity index (χ3v) is 4.20. The van der Waals surface area contributed by atoms with Gasteiger partial charge in [0.1, 0.15) is 0 Å². The Labute approximate surface area is 104 Å². The van der Waals surface area contributed by atoms with E-state index in [0.29, 0.717) is 11.9 Å². The van der Waals surface area contributed by atoms with Gasteiger partial charge in [-0.05, 0) is 40.2 Å². The van der Waals surface area contributed by atoms with Gasteiger partial charge in [-0.15, -0.1) is 0 Å². The summed E-state index contributed by atoms with van der Waals surface area (Å²) in [5.41, 5.74) is -0.340. The van der Waals surface area contributed by atoms with Gasteiger partial charge in [0, 0.05) is 32.2 Å². The fraction of sp³-hybridized carbons (Fsp3) is 0.923. The maximum Gasteiger partial charge on any atom is 0.242 e. The molecule has 98 valence electrons. The molecule has 2 rings (SSSR count). The molecule has 2 heterocycles. The summed E-state index contributed by atoms with van der Waals surface area (Å²) in [5, 5.41) is 3.29. The molecule has 1 N–H and O–H groups in total. The van der Waals surface area contributed by atoms with Crippen LogP contribution < -0.4 is 5.32 Å². The quantitative estimate of drug-likeness (QED) is 0.770. The van der Waals surface area contributed by atoms with Crippen molar-refractivity contribution in [1.29, 1.82) is 0 Å². The van der Waals surface area contributed by atoms with Crippen LogP contribution in [0.25, 0.3) is 0 Å². The Morgan fingerprint density at radius 3 is 2.41 bits per heavy atom. The van der Waals surface area contributed by atoms with Crippen LogP contribution in [-0.2, 0) is 4.79 Å². The zero-order chi connectivity index (χ0) is 12.5. The molecule has 2 aliphatic heterocycles. The number of piperazine rings is 1. The molecular weight excluding hydrogens is 214 g/mol. The van der Waals surface area contributed by atoms with Crippen molar-refractivity contribution in [2.24, 2.45) is 0 Å². The number of amides is 1. The zero-order valence-electron chi connectivity index (χ0n) is 11.3. The lowest BCUT2D eigenvalue weighted by Gasteiger charge is -2.41. The highest BCUT2D eigenvalue weighted by atomic mass is 16.2. The standard InChI is InChI=1S/C13H25N3O/c1-11-5-4-8-16(11)13(2,3)12(17)15-9-6-14-7-10-15/h11,14H,4-10H2,1-3H3. The molecule has 0 aliphatic carbocycles. The zero-order valence-corrected chi connectivity index (χ0v) is 11.3. The highest BCUT2D eigenvalue weighted by Gasteiger charge is 2.41. The molecule has 1 atom stereocenters. The van der Waals surface area contributed by atoms with Gasteiger partial charge in [0.25, 0.3) is 0 Å². The van der Waals surface area contributed by atoms with Crippen molar-refractivity contribution < 1.29 is 4.79 Å². The molecule has 0 aromatic heterocycles. The third-order valence-electron chi connectivity index (χ3n) is 4.20. The molecule has 1 amide bonds. The fourth-order valence-electron chi connectivity index (χ4n) is 3.14. The highest BCUT2D eigenvalue weighted by molar-refractivity contribution is 5.85. The Hall–Kier alpha value is -0.610. The van der Waals surface area contributed by atoms with E-state index in [1.807, 2.05) is 4.90 Å². The molecule has 0 aromatic carbocycles. The predicted molar refractivity (Wildman–Crippen MR) is 68.9 cm³/mol. The van der Waals surface area contributed by atoms with E-state index >= 15 is 0 Å². The van der Waals surface area contributed by atoms with Crippen LogP contribution >= 0.6 is 0 Å². The van der Waals surface area contributed by atoms with Gasteiger partial charge in [0.15, 0.2) is 0 Å². The maximum absolute atomic E-state index is 12.6. The number of nitrogens with zero attached hydrogens (tertiary/aromatic N) is 2. The summed E-state index contributed by atoms with van der Waals surface area (Å²) in [5.74, 6) is 0.299. The van der Waals surface area contributed by atoms with Crippen molar-refractivity contribution >= 4 is 5.91 Å². The number of hydrogen-bond acceptors (Lipinski definition) is 3. The first-order valence-corrected chi connectivity index (χ1v) is 6.80. The summed E-state index contributed by atoms with van der Waals surface area (Å²) in [6, 6.07) is 0.539. The SMILES string of the molecule is CC1CCCN1C(C)(C)C(=O)N1CCNCC1. The summed E-state index contributed by atoms with van der Waals surface area (Å²) in [6.45, 7) is 11.0. The van der Waals surface area contributed by atoms with Crippen molar-refractivity contribution in [1.82, 2.24) is 15.1 Å². The van der Waals surface area contributed by atoms with Crippen LogP contribution in [0.3, 0.4) is 0 Å². The first-order valence-electron chi connectivity index (χ1n) is 6.80. The summed E-state index contributed by atoms with van der Waals surface area (Å²) >= 11 is 0. The van der Waals surface area contributed by atoms with Crippen molar-refractivity contribution in [3.8, 4) is 0 Å². The van der Waals surface area contributed by atoms with Gasteiger partial charge in [0.2, 0.25) is 5.91 Å². The third kappa shape index (κ3) is 2.47. The summed E-state index contributed by atoms with van der Waals surface area (Å²) in [4.78, 5) is 17.0. The smallest absolute Gasteiger partial charge is 0.242 e. The normalized spacial score (nSPS) is 27.5. The fourth-order valence-corrected chi connectivity index (χ4v) is 3.14. The number of carbonyl (C=O) groups is 1. The lowest BCUT2D eigenvalue weighted by molar-refractivity contribution is -0.143. The lowest BCUT2D eigenvalue weighted by Crippen LogP contribution is -2.60. The van der Waals surface area contributed by atoms with Crippen LogP contribution in [0.5, 0.6) is 0 Å². The molecule has 0 bridgehead atoms. The van der Waals surface area contributed by atoms with Gasteiger partial charge in [-0.25, -0.2) is 0 Å². The Bertz CT molecular complexity index is 284. The lowest BCUT2D eigenvalue weighted by atomic mass is 9.99. The Morgan fingerprint density at radius 2 is 1.88 bits per heavy atom. The van der Waals surface area contributed by atoms with Gasteiger partial charge < -0.3 is 10.2 Å². The van der Waals surface area contributed by atoms with Crippen LogP contribution in [-0.4, -0.2) is 60.0 Å². The summed E-state index contributed by atoms with van der Waals surface area (Å²) in [6.07, 6.45) is 2.44. The number of rotatable bonds is 2. The van der Waals surface area contributed by atoms with Crippen LogP contribution in [0.15, 0.2) is 0 Å². The first kappa shape index (κ1) is 12.8. The van der Waals surface area contributed by atoms with E-state index < -0.39 is 0 Å². The van der Waals surface area contributed by atoms with Crippen molar-refractivity contribution in [3.63, 3.8) is 0 Å². The minimum atomic E-state index is -0.340. The summed E-state index contributed by atoms with van der Waals surface area (Å²) < 4.78 is 0. The molecule has 4 nitrogen and oxygen atoms in total. The second kappa shape index (κ2) is 4.94. The predicted octanol–water partition coefficient (Wildman–Crippen LogP) is 0.681. The topological polar surface area (TPSA) is 35.6 Å². The van der Waals surface area contributed by atoms with E-state index in [1.54, 1.807) is 0 Å². The number of hydrogen-bond donors (Lipinski definition) is 1. The van der Waals surface area contributed by atoms with Gasteiger partial charge in [-0.3, -0.25) is 9.69 Å². The second-order valence-electron chi connectivity index (χ2n) is 5.79. The minimum absolute atomic E-state index is 0.299. The Balaban J connectivity index is 2.05. The van der Waals surface area contributed by atoms with Crippen molar-refractivity contribution in [2.45, 2.75) is 45.2 Å². The molecule has 4 heteroatoms. The molecule has 2 fully saturated rings. The van der Waals surface area contributed by atoms with Crippen LogP contribution in [0.4, 0.5) is 0 Å². The van der Waals surface area contributed by atoms with E-state index in [0.717, 1.165) is 32.7 Å². The number of nitrogens with one attached hydrogen (secondary N) is 1. The highest BCUT2D eigenvalue weighted by Crippen LogP contribution is 2.28. The van der Waals surface area contributed by atoms with Gasteiger partial charge in [0.05, 0.1) is 5.54 Å². The average molecular weight is 239 g/mol. The Morgan fingerprint density at radius 1 is 1.24 bits per heavy atom. The van der Waals surface area contributed by atoms with Gasteiger partial charge in [-0.2, -0.15) is 0 Å². The molecule has 0 spiro atoms. The van der Waals surface area contributed by atoms with Crippen LogP contribution in [0, 0.1) is 0 Å². The number of likely N-dealkylation sites (tertiary alicyclic amines) is 1. The van der Waals surface area contributed by atoms with Crippen LogP contribution in [0.1, 0.15) is 33.6 Å². The monoisotopic (exact) mass is 239 g/mol. The number of carbonyl (C=O) groups excluding carboxylic acids is 1. The first-order chi connectivity index (χ1) is 8.03. The maximum atomic E-state index is 12.6. The molecule has 1 unspecified atom stereocenters. The average Bonchev–Trinajstić information content (AvgIpc) is 2.76. The molecule has 0 aromatic rings. The molecule has 2 saturated heterocycles. The van der Waals surface area contributed by atoms with E-state index in [9.17, 15) is 4.79 Å². The molecule has 0 saturated carbocycles. The van der Waals surface area contributed by atoms with E-state index in [-0.39, 0.29) is 5.54 Å². The Kier molecular flexibility index (Phi) is 3.73.